The zero-order valence-electron chi connectivity index (χ0n) is 9.40. The molecule has 0 amide bonds. The Kier molecular flexibility index (Phi) is 6.62. The van der Waals surface area contributed by atoms with Crippen molar-refractivity contribution in [3.63, 3.8) is 0 Å². The number of hydrogen-bond acceptors (Lipinski definition) is 4. The van der Waals surface area contributed by atoms with E-state index in [1.165, 1.54) is 0 Å². The lowest BCUT2D eigenvalue weighted by molar-refractivity contribution is 0.154. The van der Waals surface area contributed by atoms with Gasteiger partial charge in [-0.2, -0.15) is 0 Å². The van der Waals surface area contributed by atoms with Crippen molar-refractivity contribution < 1.29 is 18.7 Å². The highest BCUT2D eigenvalue weighted by atomic mass is 31.2. The van der Waals surface area contributed by atoms with Crippen molar-refractivity contribution >= 4 is 7.60 Å². The monoisotopic (exact) mass is 224 g/mol. The fourth-order valence-corrected chi connectivity index (χ4v) is 1.93. The summed E-state index contributed by atoms with van der Waals surface area (Å²) in [5, 5.41) is 8.90. The number of rotatable bonds is 7. The lowest BCUT2D eigenvalue weighted by atomic mass is 10.2. The molecule has 86 valence electrons. The third-order valence-corrected chi connectivity index (χ3v) is 2.81. The van der Waals surface area contributed by atoms with Gasteiger partial charge in [0, 0.05) is 0 Å². The van der Waals surface area contributed by atoms with Crippen molar-refractivity contribution in [3.8, 4) is 0 Å². The first-order chi connectivity index (χ1) is 6.39. The molecule has 0 bridgehead atoms. The topological polar surface area (TPSA) is 55.8 Å². The summed E-state index contributed by atoms with van der Waals surface area (Å²) >= 11 is 0. The Hall–Kier alpha value is 0.110. The van der Waals surface area contributed by atoms with Crippen molar-refractivity contribution in [1.29, 1.82) is 0 Å². The van der Waals surface area contributed by atoms with Crippen LogP contribution in [0.5, 0.6) is 0 Å². The number of aliphatic hydroxyl groups is 1. The molecule has 0 rings (SSSR count). The van der Waals surface area contributed by atoms with Crippen molar-refractivity contribution in [2.24, 2.45) is 11.8 Å². The summed E-state index contributed by atoms with van der Waals surface area (Å²) in [5.41, 5.74) is 0. The predicted molar refractivity (Wildman–Crippen MR) is 56.3 cm³/mol. The number of aliphatic hydroxyl groups excluding tert-OH is 1. The SMILES string of the molecule is CC(C)COP(=O)(CO)OCC(C)C. The van der Waals surface area contributed by atoms with Gasteiger partial charge < -0.3 is 14.2 Å². The molecular weight excluding hydrogens is 203 g/mol. The van der Waals surface area contributed by atoms with Crippen molar-refractivity contribution in [2.75, 3.05) is 19.6 Å². The quantitative estimate of drug-likeness (QED) is 0.675. The van der Waals surface area contributed by atoms with Gasteiger partial charge >= 0.3 is 7.60 Å². The second-order valence-corrected chi connectivity index (χ2v) is 6.15. The van der Waals surface area contributed by atoms with Crippen molar-refractivity contribution in [1.82, 2.24) is 0 Å². The summed E-state index contributed by atoms with van der Waals surface area (Å²) in [5.74, 6) is 0.551. The molecule has 0 aromatic rings. The van der Waals surface area contributed by atoms with Gasteiger partial charge in [0.1, 0.15) is 6.35 Å². The second-order valence-electron chi connectivity index (χ2n) is 4.13. The lowest BCUT2D eigenvalue weighted by Crippen LogP contribution is -2.08. The summed E-state index contributed by atoms with van der Waals surface area (Å²) in [6, 6.07) is 0. The summed E-state index contributed by atoms with van der Waals surface area (Å²) in [7, 11) is -3.25. The van der Waals surface area contributed by atoms with Crippen LogP contribution in [0.25, 0.3) is 0 Å². The van der Waals surface area contributed by atoms with Crippen LogP contribution in [0.2, 0.25) is 0 Å². The molecule has 1 N–H and O–H groups in total. The highest BCUT2D eigenvalue weighted by molar-refractivity contribution is 7.53. The van der Waals surface area contributed by atoms with Gasteiger partial charge in [0.25, 0.3) is 0 Å². The van der Waals surface area contributed by atoms with Gasteiger partial charge in [-0.25, -0.2) is 0 Å². The van der Waals surface area contributed by atoms with Crippen molar-refractivity contribution in [3.05, 3.63) is 0 Å². The summed E-state index contributed by atoms with van der Waals surface area (Å²) in [6.07, 6.45) is -0.549. The fourth-order valence-electron chi connectivity index (χ4n) is 0.644. The molecule has 0 heterocycles. The average Bonchev–Trinajstić information content (AvgIpc) is 2.11. The summed E-state index contributed by atoms with van der Waals surface area (Å²) < 4.78 is 21.8. The van der Waals surface area contributed by atoms with E-state index in [4.69, 9.17) is 14.2 Å². The minimum atomic E-state index is -3.25. The van der Waals surface area contributed by atoms with E-state index in [1.807, 2.05) is 27.7 Å². The highest BCUT2D eigenvalue weighted by Gasteiger charge is 2.24. The predicted octanol–water partition coefficient (Wildman–Crippen LogP) is 2.47. The lowest BCUT2D eigenvalue weighted by Gasteiger charge is -2.18. The molecule has 5 heteroatoms. The van der Waals surface area contributed by atoms with E-state index in [0.717, 1.165) is 0 Å². The molecule has 0 saturated carbocycles. The third-order valence-electron chi connectivity index (χ3n) is 1.38. The Morgan fingerprint density at radius 2 is 1.43 bits per heavy atom. The molecular formula is C9H21O4P. The first-order valence-corrected chi connectivity index (χ1v) is 6.61. The molecule has 0 atom stereocenters. The molecule has 0 aliphatic rings. The standard InChI is InChI=1S/C9H21O4P/c1-8(2)5-12-14(11,7-10)13-6-9(3)4/h8-10H,5-7H2,1-4H3. The van der Waals surface area contributed by atoms with Crippen LogP contribution in [0.3, 0.4) is 0 Å². The highest BCUT2D eigenvalue weighted by Crippen LogP contribution is 2.47. The molecule has 0 radical (unpaired) electrons. The maximum absolute atomic E-state index is 11.7. The van der Waals surface area contributed by atoms with Crippen LogP contribution in [-0.4, -0.2) is 24.7 Å². The molecule has 0 unspecified atom stereocenters. The van der Waals surface area contributed by atoms with Gasteiger partial charge in [-0.15, -0.1) is 0 Å². The first-order valence-electron chi connectivity index (χ1n) is 4.88. The Bertz CT molecular complexity index is 175. The Morgan fingerprint density at radius 1 is 1.07 bits per heavy atom. The van der Waals surface area contributed by atoms with Gasteiger partial charge in [-0.05, 0) is 11.8 Å². The zero-order valence-corrected chi connectivity index (χ0v) is 10.3. The molecule has 0 saturated heterocycles. The minimum absolute atomic E-state index is 0.275. The maximum Gasteiger partial charge on any atom is 0.355 e. The molecule has 0 aromatic heterocycles. The van der Waals surface area contributed by atoms with Gasteiger partial charge in [0.05, 0.1) is 13.2 Å². The number of hydrogen-bond donors (Lipinski definition) is 1. The summed E-state index contributed by atoms with van der Waals surface area (Å²) in [4.78, 5) is 0. The largest absolute Gasteiger partial charge is 0.384 e. The molecule has 0 aliphatic carbocycles. The zero-order chi connectivity index (χ0) is 11.2. The Balaban J connectivity index is 3.98. The van der Waals surface area contributed by atoms with E-state index < -0.39 is 13.9 Å². The van der Waals surface area contributed by atoms with E-state index in [-0.39, 0.29) is 11.8 Å². The normalized spacial score (nSPS) is 12.8. The maximum atomic E-state index is 11.7. The fraction of sp³-hybridized carbons (Fsp3) is 1.00. The third kappa shape index (κ3) is 6.55. The Morgan fingerprint density at radius 3 is 1.64 bits per heavy atom. The second kappa shape index (κ2) is 6.57. The smallest absolute Gasteiger partial charge is 0.355 e. The molecule has 0 spiro atoms. The van der Waals surface area contributed by atoms with E-state index in [2.05, 4.69) is 0 Å². The van der Waals surface area contributed by atoms with Gasteiger partial charge in [0.15, 0.2) is 0 Å². The van der Waals surface area contributed by atoms with Crippen LogP contribution in [0, 0.1) is 11.8 Å². The minimum Gasteiger partial charge on any atom is -0.384 e. The molecule has 0 fully saturated rings. The summed E-state index contributed by atoms with van der Waals surface area (Å²) in [6.45, 7) is 8.48. The first kappa shape index (κ1) is 14.1. The van der Waals surface area contributed by atoms with Crippen LogP contribution in [-0.2, 0) is 13.6 Å². The van der Waals surface area contributed by atoms with Crippen LogP contribution in [0.15, 0.2) is 0 Å². The van der Waals surface area contributed by atoms with Crippen LogP contribution >= 0.6 is 7.60 Å². The van der Waals surface area contributed by atoms with E-state index in [0.29, 0.717) is 13.2 Å². The van der Waals surface area contributed by atoms with Crippen molar-refractivity contribution in [2.45, 2.75) is 27.7 Å². The van der Waals surface area contributed by atoms with Gasteiger partial charge in [-0.1, -0.05) is 27.7 Å². The van der Waals surface area contributed by atoms with Crippen LogP contribution < -0.4 is 0 Å². The van der Waals surface area contributed by atoms with E-state index in [9.17, 15) is 4.57 Å². The van der Waals surface area contributed by atoms with E-state index >= 15 is 0 Å². The Labute approximate surface area is 86.1 Å². The van der Waals surface area contributed by atoms with Gasteiger partial charge in [0.2, 0.25) is 0 Å². The van der Waals surface area contributed by atoms with Gasteiger partial charge in [-0.3, -0.25) is 4.57 Å². The molecule has 0 aromatic carbocycles. The molecule has 4 nitrogen and oxygen atoms in total. The van der Waals surface area contributed by atoms with Crippen LogP contribution in [0.4, 0.5) is 0 Å². The van der Waals surface area contributed by atoms with Crippen LogP contribution in [0.1, 0.15) is 27.7 Å². The molecule has 0 aliphatic heterocycles. The van der Waals surface area contributed by atoms with E-state index in [1.54, 1.807) is 0 Å². The molecule has 14 heavy (non-hydrogen) atoms. The average molecular weight is 224 g/mol.